The van der Waals surface area contributed by atoms with E-state index < -0.39 is 95.9 Å². The maximum atomic E-state index is 14.3. The van der Waals surface area contributed by atoms with Gasteiger partial charge < -0.3 is 35.4 Å². The Hall–Kier alpha value is -4.63. The molecule has 0 saturated carbocycles. The van der Waals surface area contributed by atoms with Gasteiger partial charge in [-0.3, -0.25) is 28.8 Å². The van der Waals surface area contributed by atoms with E-state index in [-0.39, 0.29) is 50.3 Å². The van der Waals surface area contributed by atoms with Crippen LogP contribution in [0.5, 0.6) is 0 Å². The third kappa shape index (κ3) is 11.4. The Morgan fingerprint density at radius 2 is 1.51 bits per heavy atom. The number of esters is 1. The van der Waals surface area contributed by atoms with E-state index in [0.717, 1.165) is 31.4 Å². The average Bonchev–Trinajstić information content (AvgIpc) is 3.81. The van der Waals surface area contributed by atoms with Gasteiger partial charge in [-0.15, -0.1) is 0 Å². The molecule has 0 bridgehead atoms. The summed E-state index contributed by atoms with van der Waals surface area (Å²) in [6, 6.07) is -4.24. The molecule has 3 heterocycles. The van der Waals surface area contributed by atoms with Crippen LogP contribution in [0.4, 0.5) is 8.78 Å². The van der Waals surface area contributed by atoms with E-state index in [1.807, 2.05) is 6.92 Å². The number of ether oxygens (including phenoxy) is 1. The fourth-order valence-electron chi connectivity index (χ4n) is 7.44. The minimum absolute atomic E-state index is 0.0234. The number of likely N-dealkylation sites (N-methyl/N-ethyl adjacent to an activating group) is 1. The van der Waals surface area contributed by atoms with Crippen molar-refractivity contribution < 1.29 is 47.1 Å². The third-order valence-corrected chi connectivity index (χ3v) is 10.7. The Labute approximate surface area is 321 Å². The molecular formula is C39H56F2N6O8. The number of carbonyl (C=O) groups is 7. The summed E-state index contributed by atoms with van der Waals surface area (Å²) in [7, 11) is 1.43. The summed E-state index contributed by atoms with van der Waals surface area (Å²) in [5.74, 6) is -5.87. The number of halogens is 2. The predicted octanol–water partition coefficient (Wildman–Crippen LogP) is 2.22. The standard InChI is InChI=1S/C39H56F2N6O8/c1-22(2)10-7-11-23(3)16-33(48)43-29(19-26-17-27(40)20-28(41)18-26)35(50)44-30-21-55-39(54)32-13-9-15-47(32)36(51)24(4)42-34(49)25(5)45(6)38(53)31-12-8-14-46(31)37(30)52/h17-18,20,22-25,29-32H,7-16,19,21H2,1-6H3,(H,42,49)(H,43,48)(H,44,50)/t23?,24-,25-,29-,30-,31-,32-/m0/s1. The van der Waals surface area contributed by atoms with Gasteiger partial charge in [0.2, 0.25) is 35.4 Å². The number of nitrogens with one attached hydrogen (secondary N) is 3. The fourth-order valence-corrected chi connectivity index (χ4v) is 7.44. The van der Waals surface area contributed by atoms with Gasteiger partial charge in [-0.25, -0.2) is 13.6 Å². The normalized spacial score (nSPS) is 25.3. The summed E-state index contributed by atoms with van der Waals surface area (Å²) in [6.45, 7) is 8.81. The number of fused-ring (bicyclic) bond motifs is 2. The molecule has 4 rings (SSSR count). The third-order valence-electron chi connectivity index (χ3n) is 10.7. The van der Waals surface area contributed by atoms with Crippen molar-refractivity contribution in [1.29, 1.82) is 0 Å². The molecule has 3 N–H and O–H groups in total. The van der Waals surface area contributed by atoms with Crippen LogP contribution in [0.3, 0.4) is 0 Å². The summed E-state index contributed by atoms with van der Waals surface area (Å²) in [6.07, 6.45) is 3.86. The van der Waals surface area contributed by atoms with Gasteiger partial charge in [-0.05, 0) is 69.1 Å². The maximum absolute atomic E-state index is 14.3. The summed E-state index contributed by atoms with van der Waals surface area (Å²) in [4.78, 5) is 99.3. The highest BCUT2D eigenvalue weighted by molar-refractivity contribution is 5.97. The number of rotatable bonds is 11. The highest BCUT2D eigenvalue weighted by Gasteiger charge is 2.43. The summed E-state index contributed by atoms with van der Waals surface area (Å²) < 4.78 is 34.1. The number of hydrogen-bond donors (Lipinski definition) is 3. The second kappa shape index (κ2) is 19.3. The molecule has 55 heavy (non-hydrogen) atoms. The van der Waals surface area contributed by atoms with Gasteiger partial charge in [-0.1, -0.05) is 40.0 Å². The number of nitrogens with zero attached hydrogens (tertiary/aromatic N) is 3. The van der Waals surface area contributed by atoms with Crippen LogP contribution in [-0.2, 0) is 44.7 Å². The lowest BCUT2D eigenvalue weighted by Crippen LogP contribution is -2.60. The highest BCUT2D eigenvalue weighted by atomic mass is 19.1. The lowest BCUT2D eigenvalue weighted by Gasteiger charge is -2.34. The summed E-state index contributed by atoms with van der Waals surface area (Å²) >= 11 is 0. The topological polar surface area (TPSA) is 175 Å². The number of cyclic esters (lactones) is 1. The van der Waals surface area contributed by atoms with Gasteiger partial charge in [0.25, 0.3) is 0 Å². The second-order valence-corrected chi connectivity index (χ2v) is 15.7. The van der Waals surface area contributed by atoms with E-state index in [9.17, 15) is 42.3 Å². The molecule has 1 unspecified atom stereocenters. The van der Waals surface area contributed by atoms with Crippen LogP contribution in [0.2, 0.25) is 0 Å². The first-order chi connectivity index (χ1) is 26.0. The van der Waals surface area contributed by atoms with Gasteiger partial charge in [0.15, 0.2) is 0 Å². The van der Waals surface area contributed by atoms with Crippen LogP contribution < -0.4 is 16.0 Å². The zero-order valence-corrected chi connectivity index (χ0v) is 32.7. The van der Waals surface area contributed by atoms with Crippen molar-refractivity contribution in [3.8, 4) is 0 Å². The van der Waals surface area contributed by atoms with Crippen molar-refractivity contribution in [2.75, 3.05) is 26.7 Å². The van der Waals surface area contributed by atoms with Crippen molar-refractivity contribution in [3.63, 3.8) is 0 Å². The minimum Gasteiger partial charge on any atom is -0.461 e. The van der Waals surface area contributed by atoms with Crippen LogP contribution in [0.1, 0.15) is 91.5 Å². The summed E-state index contributed by atoms with van der Waals surface area (Å²) in [5.41, 5.74) is 0.0743. The Balaban J connectivity index is 1.64. The molecule has 1 aromatic rings. The van der Waals surface area contributed by atoms with E-state index in [4.69, 9.17) is 4.74 Å². The van der Waals surface area contributed by atoms with Crippen molar-refractivity contribution in [1.82, 2.24) is 30.7 Å². The molecule has 0 radical (unpaired) electrons. The van der Waals surface area contributed by atoms with Crippen LogP contribution >= 0.6 is 0 Å². The molecule has 7 atom stereocenters. The van der Waals surface area contributed by atoms with Gasteiger partial charge in [-0.2, -0.15) is 0 Å². The van der Waals surface area contributed by atoms with Gasteiger partial charge in [0.05, 0.1) is 0 Å². The van der Waals surface area contributed by atoms with E-state index in [1.165, 1.54) is 35.6 Å². The molecule has 3 aliphatic heterocycles. The average molecular weight is 775 g/mol. The fraction of sp³-hybridized carbons (Fsp3) is 0.667. The number of amides is 6. The molecular weight excluding hydrogens is 718 g/mol. The molecule has 6 amide bonds. The summed E-state index contributed by atoms with van der Waals surface area (Å²) in [5, 5.41) is 7.91. The van der Waals surface area contributed by atoms with Crippen molar-refractivity contribution in [3.05, 3.63) is 35.4 Å². The molecule has 14 nitrogen and oxygen atoms in total. The first-order valence-electron chi connectivity index (χ1n) is 19.4. The lowest BCUT2D eigenvalue weighted by atomic mass is 9.96. The molecule has 0 aliphatic carbocycles. The Kier molecular flexibility index (Phi) is 15.1. The molecule has 3 saturated heterocycles. The zero-order chi connectivity index (χ0) is 40.6. The second-order valence-electron chi connectivity index (χ2n) is 15.7. The highest BCUT2D eigenvalue weighted by Crippen LogP contribution is 2.24. The first kappa shape index (κ1) is 43.1. The molecule has 3 fully saturated rings. The largest absolute Gasteiger partial charge is 0.461 e. The Morgan fingerprint density at radius 3 is 2.15 bits per heavy atom. The van der Waals surface area contributed by atoms with E-state index in [1.54, 1.807) is 0 Å². The van der Waals surface area contributed by atoms with Gasteiger partial charge in [0, 0.05) is 39.0 Å². The molecule has 0 aromatic heterocycles. The molecule has 3 aliphatic rings. The number of hydrogen-bond acceptors (Lipinski definition) is 8. The van der Waals surface area contributed by atoms with Crippen molar-refractivity contribution >= 4 is 41.4 Å². The lowest BCUT2D eigenvalue weighted by molar-refractivity contribution is -0.158. The van der Waals surface area contributed by atoms with E-state index >= 15 is 0 Å². The molecule has 304 valence electrons. The van der Waals surface area contributed by atoms with Crippen molar-refractivity contribution in [2.24, 2.45) is 11.8 Å². The minimum atomic E-state index is -1.55. The van der Waals surface area contributed by atoms with Crippen LogP contribution in [0.15, 0.2) is 18.2 Å². The van der Waals surface area contributed by atoms with E-state index in [2.05, 4.69) is 29.8 Å². The Bertz CT molecular complexity index is 1590. The number of benzene rings is 1. The van der Waals surface area contributed by atoms with Crippen LogP contribution in [0.25, 0.3) is 0 Å². The van der Waals surface area contributed by atoms with Crippen molar-refractivity contribution in [2.45, 2.75) is 129 Å². The molecule has 1 aromatic carbocycles. The molecule has 16 heteroatoms. The number of carbonyl (C=O) groups excluding carboxylic acids is 7. The maximum Gasteiger partial charge on any atom is 0.328 e. The monoisotopic (exact) mass is 774 g/mol. The SMILES string of the molecule is CC(C)CCCC(C)CC(=O)N[C@@H](Cc1cc(F)cc(F)c1)C(=O)N[C@H]1COC(=O)[C@@H]2CCCN2C(=O)[C@H](C)NC(=O)[C@H](C)N(C)C(=O)[C@@H]2CCCN2C1=O. The van der Waals surface area contributed by atoms with E-state index in [0.29, 0.717) is 24.8 Å². The quantitative estimate of drug-likeness (QED) is 0.287. The van der Waals surface area contributed by atoms with Gasteiger partial charge in [0.1, 0.15) is 54.5 Å². The van der Waals surface area contributed by atoms with Crippen LogP contribution in [-0.4, -0.2) is 119 Å². The first-order valence-corrected chi connectivity index (χ1v) is 19.4. The zero-order valence-electron chi connectivity index (χ0n) is 32.7. The predicted molar refractivity (Wildman–Crippen MR) is 197 cm³/mol. The Morgan fingerprint density at radius 1 is 0.891 bits per heavy atom. The van der Waals surface area contributed by atoms with Gasteiger partial charge >= 0.3 is 5.97 Å². The molecule has 0 spiro atoms. The van der Waals surface area contributed by atoms with Crippen LogP contribution in [0, 0.1) is 23.5 Å². The smallest absolute Gasteiger partial charge is 0.328 e.